The van der Waals surface area contributed by atoms with E-state index < -0.39 is 6.10 Å². The first-order valence-electron chi connectivity index (χ1n) is 11.6. The average Bonchev–Trinajstić information content (AvgIpc) is 3.17. The molecule has 4 rings (SSSR count). The van der Waals surface area contributed by atoms with Gasteiger partial charge in [0.25, 0.3) is 0 Å². The van der Waals surface area contributed by atoms with Gasteiger partial charge in [-0.3, -0.25) is 0 Å². The Morgan fingerprint density at radius 2 is 1.79 bits per heavy atom. The maximum atomic E-state index is 9.78. The van der Waals surface area contributed by atoms with Crippen molar-refractivity contribution in [3.05, 3.63) is 41.8 Å². The molecule has 1 fully saturated rings. The summed E-state index contributed by atoms with van der Waals surface area (Å²) >= 11 is 0. The van der Waals surface area contributed by atoms with E-state index in [1.54, 1.807) is 13.1 Å². The molecular weight excluding hydrogens is 418 g/mol. The van der Waals surface area contributed by atoms with Crippen LogP contribution in [-0.4, -0.2) is 46.5 Å². The van der Waals surface area contributed by atoms with Crippen molar-refractivity contribution in [2.75, 3.05) is 25.9 Å². The number of nitrogens with zero attached hydrogens (tertiary/aromatic N) is 3. The minimum atomic E-state index is -0.589. The lowest BCUT2D eigenvalue weighted by Gasteiger charge is -2.12. The molecule has 1 aliphatic rings. The molecule has 0 bridgehead atoms. The summed E-state index contributed by atoms with van der Waals surface area (Å²) in [5, 5.41) is 16.7. The average molecular weight is 454 g/mol. The first-order chi connectivity index (χ1) is 16.0. The Labute approximate surface area is 195 Å². The summed E-state index contributed by atoms with van der Waals surface area (Å²) in [7, 11) is 1.78. The van der Waals surface area contributed by atoms with Gasteiger partial charge in [-0.05, 0) is 33.0 Å². The maximum absolute atomic E-state index is 9.78. The Morgan fingerprint density at radius 1 is 1.09 bits per heavy atom. The Morgan fingerprint density at radius 3 is 2.39 bits per heavy atom. The Bertz CT molecular complexity index is 986. The summed E-state index contributed by atoms with van der Waals surface area (Å²) in [5.41, 5.74) is 8.97. The van der Waals surface area contributed by atoms with Gasteiger partial charge in [-0.2, -0.15) is 0 Å². The van der Waals surface area contributed by atoms with Crippen molar-refractivity contribution >= 4 is 5.82 Å². The van der Waals surface area contributed by atoms with Crippen LogP contribution in [0.15, 0.2) is 34.9 Å². The number of aliphatic hydroxyl groups excluding tert-OH is 1. The highest BCUT2D eigenvalue weighted by Gasteiger charge is 2.16. The molecule has 0 saturated heterocycles. The molecule has 1 atom stereocenters. The van der Waals surface area contributed by atoms with Crippen molar-refractivity contribution in [2.24, 2.45) is 0 Å². The second kappa shape index (κ2) is 12.3. The number of anilines is 1. The standard InChI is InChI=1S/C19H23N5O3.C6H12/c1-11-18(12(2)27-24-11)16-8-17(20)23-19(22-16)13-5-4-6-15(7-13)26-10-14(25)9-21-3;1-2-4-6-5-3-1/h4-8,14,21,25H,9-10H2,1-3H3,(H2,20,22,23);1-6H2. The lowest BCUT2D eigenvalue weighted by molar-refractivity contribution is 0.108. The van der Waals surface area contributed by atoms with Crippen LogP contribution in [0.5, 0.6) is 5.75 Å². The minimum Gasteiger partial charge on any atom is -0.491 e. The Hall–Kier alpha value is -2.97. The molecular formula is C25H35N5O3. The zero-order valence-corrected chi connectivity index (χ0v) is 19.8. The fraction of sp³-hybridized carbons (Fsp3) is 0.480. The van der Waals surface area contributed by atoms with Gasteiger partial charge >= 0.3 is 0 Å². The molecule has 8 heteroatoms. The minimum absolute atomic E-state index is 0.187. The largest absolute Gasteiger partial charge is 0.491 e. The summed E-state index contributed by atoms with van der Waals surface area (Å²) in [6, 6.07) is 9.06. The monoisotopic (exact) mass is 453 g/mol. The Balaban J connectivity index is 0.000000442. The summed E-state index contributed by atoms with van der Waals surface area (Å²) in [6.45, 7) is 4.33. The van der Waals surface area contributed by atoms with Crippen molar-refractivity contribution in [1.29, 1.82) is 0 Å². The number of nitrogens with two attached hydrogens (primary N) is 1. The van der Waals surface area contributed by atoms with Crippen LogP contribution < -0.4 is 15.8 Å². The van der Waals surface area contributed by atoms with E-state index in [9.17, 15) is 5.11 Å². The predicted octanol–water partition coefficient (Wildman–Crippen LogP) is 4.30. The van der Waals surface area contributed by atoms with Crippen LogP contribution in [0.1, 0.15) is 50.0 Å². The van der Waals surface area contributed by atoms with E-state index in [4.69, 9.17) is 15.0 Å². The van der Waals surface area contributed by atoms with Gasteiger partial charge < -0.3 is 25.4 Å². The highest BCUT2D eigenvalue weighted by Crippen LogP contribution is 2.29. The third-order valence-corrected chi connectivity index (χ3v) is 5.51. The second-order valence-electron chi connectivity index (χ2n) is 8.37. The van der Waals surface area contributed by atoms with E-state index in [0.717, 1.165) is 16.8 Å². The highest BCUT2D eigenvalue weighted by molar-refractivity contribution is 5.69. The fourth-order valence-electron chi connectivity index (χ4n) is 3.84. The number of ether oxygens (including phenoxy) is 1. The van der Waals surface area contributed by atoms with Crippen molar-refractivity contribution < 1.29 is 14.4 Å². The molecule has 1 saturated carbocycles. The zero-order chi connectivity index (χ0) is 23.6. The molecule has 1 aromatic carbocycles. The van der Waals surface area contributed by atoms with E-state index >= 15 is 0 Å². The molecule has 8 nitrogen and oxygen atoms in total. The molecule has 178 valence electrons. The van der Waals surface area contributed by atoms with Crippen LogP contribution in [0.4, 0.5) is 5.82 Å². The third kappa shape index (κ3) is 7.27. The summed E-state index contributed by atoms with van der Waals surface area (Å²) in [5.74, 6) is 2.12. The molecule has 33 heavy (non-hydrogen) atoms. The van der Waals surface area contributed by atoms with Gasteiger partial charge in [0, 0.05) is 18.2 Å². The number of hydrogen-bond donors (Lipinski definition) is 3. The van der Waals surface area contributed by atoms with Crippen LogP contribution in [0.3, 0.4) is 0 Å². The first-order valence-corrected chi connectivity index (χ1v) is 11.6. The number of likely N-dealkylation sites (N-methyl/N-ethyl adjacent to an activating group) is 1. The lowest BCUT2D eigenvalue weighted by Crippen LogP contribution is -2.29. The van der Waals surface area contributed by atoms with Crippen molar-refractivity contribution in [3.63, 3.8) is 0 Å². The number of hydrogen-bond acceptors (Lipinski definition) is 8. The normalized spacial score (nSPS) is 14.3. The van der Waals surface area contributed by atoms with Gasteiger partial charge in [-0.1, -0.05) is 55.8 Å². The molecule has 1 unspecified atom stereocenters. The maximum Gasteiger partial charge on any atom is 0.162 e. The van der Waals surface area contributed by atoms with Crippen LogP contribution in [-0.2, 0) is 0 Å². The van der Waals surface area contributed by atoms with E-state index in [-0.39, 0.29) is 6.61 Å². The zero-order valence-electron chi connectivity index (χ0n) is 19.8. The van der Waals surface area contributed by atoms with Gasteiger partial charge in [0.2, 0.25) is 0 Å². The number of nitrogens with one attached hydrogen (secondary N) is 1. The van der Waals surface area contributed by atoms with E-state index in [1.807, 2.05) is 38.1 Å². The smallest absolute Gasteiger partial charge is 0.162 e. The number of aryl methyl sites for hydroxylation is 2. The molecule has 0 radical (unpaired) electrons. The molecule has 2 heterocycles. The second-order valence-corrected chi connectivity index (χ2v) is 8.37. The molecule has 0 aliphatic heterocycles. The SMILES string of the molecule is C1CCCCC1.CNCC(O)COc1cccc(-c2nc(N)cc(-c3c(C)noc3C)n2)c1. The number of nitrogen functional groups attached to an aromatic ring is 1. The molecule has 2 aromatic heterocycles. The highest BCUT2D eigenvalue weighted by atomic mass is 16.5. The van der Waals surface area contributed by atoms with Gasteiger partial charge in [0.15, 0.2) is 5.82 Å². The van der Waals surface area contributed by atoms with Crippen LogP contribution in [0.25, 0.3) is 22.6 Å². The summed E-state index contributed by atoms with van der Waals surface area (Å²) < 4.78 is 10.9. The van der Waals surface area contributed by atoms with Gasteiger partial charge in [-0.25, -0.2) is 9.97 Å². The fourth-order valence-corrected chi connectivity index (χ4v) is 3.84. The number of benzene rings is 1. The van der Waals surface area contributed by atoms with Crippen LogP contribution >= 0.6 is 0 Å². The van der Waals surface area contributed by atoms with Crippen LogP contribution in [0.2, 0.25) is 0 Å². The van der Waals surface area contributed by atoms with E-state index in [1.165, 1.54) is 38.5 Å². The predicted molar refractivity (Wildman–Crippen MR) is 130 cm³/mol. The number of aliphatic hydroxyl groups is 1. The van der Waals surface area contributed by atoms with Gasteiger partial charge in [-0.15, -0.1) is 0 Å². The van der Waals surface area contributed by atoms with Crippen LogP contribution in [0, 0.1) is 13.8 Å². The molecule has 0 spiro atoms. The van der Waals surface area contributed by atoms with Crippen molar-refractivity contribution in [2.45, 2.75) is 58.5 Å². The summed E-state index contributed by atoms with van der Waals surface area (Å²) in [6.07, 6.45) is 8.41. The Kier molecular flexibility index (Phi) is 9.21. The quantitative estimate of drug-likeness (QED) is 0.484. The van der Waals surface area contributed by atoms with E-state index in [0.29, 0.717) is 35.4 Å². The van der Waals surface area contributed by atoms with Gasteiger partial charge in [0.1, 0.15) is 30.0 Å². The molecule has 1 aliphatic carbocycles. The molecule has 3 aromatic rings. The topological polar surface area (TPSA) is 119 Å². The molecule has 4 N–H and O–H groups in total. The first kappa shape index (κ1) is 24.7. The number of rotatable bonds is 7. The lowest BCUT2D eigenvalue weighted by atomic mass is 10.0. The summed E-state index contributed by atoms with van der Waals surface area (Å²) in [4.78, 5) is 8.97. The third-order valence-electron chi connectivity index (χ3n) is 5.51. The van der Waals surface area contributed by atoms with Gasteiger partial charge in [0.05, 0.1) is 17.0 Å². The van der Waals surface area contributed by atoms with Crippen molar-refractivity contribution in [3.8, 4) is 28.4 Å². The van der Waals surface area contributed by atoms with Crippen molar-refractivity contribution in [1.82, 2.24) is 20.4 Å². The number of aromatic nitrogens is 3. The molecule has 0 amide bonds. The van der Waals surface area contributed by atoms with E-state index in [2.05, 4.69) is 20.4 Å².